The van der Waals surface area contributed by atoms with Gasteiger partial charge in [0.15, 0.2) is 17.3 Å². The molecule has 0 aliphatic carbocycles. The number of carbonyl (C=O) groups is 2. The number of amides is 1. The van der Waals surface area contributed by atoms with Crippen LogP contribution in [0.4, 0.5) is 0 Å². The van der Waals surface area contributed by atoms with Gasteiger partial charge in [-0.25, -0.2) is 4.98 Å². The average Bonchev–Trinajstić information content (AvgIpc) is 3.43. The number of hydrogen-bond acceptors (Lipinski definition) is 7. The van der Waals surface area contributed by atoms with Gasteiger partial charge >= 0.3 is 0 Å². The van der Waals surface area contributed by atoms with E-state index in [0.29, 0.717) is 53.8 Å². The zero-order valence-corrected chi connectivity index (χ0v) is 23.0. The van der Waals surface area contributed by atoms with E-state index in [1.54, 1.807) is 42.8 Å². The molecule has 9 heteroatoms. The minimum absolute atomic E-state index is 0.0116. The fraction of sp³-hybridized carbons (Fsp3) is 0.258. The summed E-state index contributed by atoms with van der Waals surface area (Å²) in [6.45, 7) is 2.94. The Morgan fingerprint density at radius 1 is 1.02 bits per heavy atom. The maximum atomic E-state index is 13.5. The van der Waals surface area contributed by atoms with Gasteiger partial charge in [0, 0.05) is 19.3 Å². The van der Waals surface area contributed by atoms with Gasteiger partial charge in [-0.1, -0.05) is 42.5 Å². The van der Waals surface area contributed by atoms with E-state index in [0.717, 1.165) is 5.56 Å². The number of imidazole rings is 1. The number of likely N-dealkylation sites (tertiary alicyclic amines) is 1. The molecular weight excluding hydrogens is 508 g/mol. The largest absolute Gasteiger partial charge is 0.505 e. The van der Waals surface area contributed by atoms with Gasteiger partial charge in [0.1, 0.15) is 17.9 Å². The Balaban J connectivity index is 1.60. The molecule has 1 N–H and O–H groups in total. The Morgan fingerprint density at radius 3 is 2.50 bits per heavy atom. The highest BCUT2D eigenvalue weighted by Crippen LogP contribution is 2.42. The Kier molecular flexibility index (Phi) is 7.57. The molecule has 0 radical (unpaired) electrons. The van der Waals surface area contributed by atoms with Crippen molar-refractivity contribution in [2.45, 2.75) is 19.6 Å². The van der Waals surface area contributed by atoms with Crippen molar-refractivity contribution in [2.75, 3.05) is 34.3 Å². The number of Topliss-reactive ketones (excluding diaryl/α,β-unsaturated/α-hetero) is 1. The number of ketones is 1. The Labute approximate surface area is 232 Å². The standard InChI is InChI=1S/C31H32N4O5/c1-20-27(34-15-9-8-12-25(34)32-20)29(36)26-28(35(17-16-33(2)3)31(38)30(26)37)22-13-14-23(24(18-22)39-4)40-19-21-10-6-5-7-11-21/h5-15,18,28,36H,16-17,19H2,1-4H3. The lowest BCUT2D eigenvalue weighted by molar-refractivity contribution is -0.140. The summed E-state index contributed by atoms with van der Waals surface area (Å²) in [6, 6.07) is 19.8. The molecule has 5 rings (SSSR count). The molecule has 0 bridgehead atoms. The van der Waals surface area contributed by atoms with E-state index in [4.69, 9.17) is 9.47 Å². The average molecular weight is 541 g/mol. The van der Waals surface area contributed by atoms with Crippen LogP contribution in [0.2, 0.25) is 0 Å². The van der Waals surface area contributed by atoms with E-state index >= 15 is 0 Å². The molecule has 1 saturated heterocycles. The van der Waals surface area contributed by atoms with Crippen LogP contribution in [0, 0.1) is 6.92 Å². The van der Waals surface area contributed by atoms with Gasteiger partial charge in [-0.2, -0.15) is 0 Å². The predicted octanol–water partition coefficient (Wildman–Crippen LogP) is 4.21. The third kappa shape index (κ3) is 5.03. The molecule has 3 heterocycles. The van der Waals surface area contributed by atoms with Gasteiger partial charge in [0.05, 0.1) is 24.4 Å². The molecule has 2 aromatic heterocycles. The molecule has 2 aromatic carbocycles. The van der Waals surface area contributed by atoms with Crippen LogP contribution in [0.5, 0.6) is 11.5 Å². The zero-order chi connectivity index (χ0) is 28.4. The first-order valence-corrected chi connectivity index (χ1v) is 13.0. The molecule has 0 saturated carbocycles. The van der Waals surface area contributed by atoms with Crippen molar-refractivity contribution in [3.63, 3.8) is 0 Å². The lowest BCUT2D eigenvalue weighted by Gasteiger charge is -2.27. The second kappa shape index (κ2) is 11.2. The van der Waals surface area contributed by atoms with Crippen LogP contribution in [0.25, 0.3) is 11.4 Å². The Morgan fingerprint density at radius 2 is 1.77 bits per heavy atom. The highest BCUT2D eigenvalue weighted by molar-refractivity contribution is 6.46. The second-order valence-electron chi connectivity index (χ2n) is 9.95. The number of nitrogens with zero attached hydrogens (tertiary/aromatic N) is 4. The highest BCUT2D eigenvalue weighted by atomic mass is 16.5. The van der Waals surface area contributed by atoms with Gasteiger partial charge in [0.2, 0.25) is 0 Å². The monoisotopic (exact) mass is 540 g/mol. The molecule has 9 nitrogen and oxygen atoms in total. The van der Waals surface area contributed by atoms with Gasteiger partial charge in [-0.15, -0.1) is 0 Å². The molecule has 4 aromatic rings. The van der Waals surface area contributed by atoms with Crippen LogP contribution in [0.15, 0.2) is 78.5 Å². The summed E-state index contributed by atoms with van der Waals surface area (Å²) < 4.78 is 13.4. The van der Waals surface area contributed by atoms with Crippen LogP contribution >= 0.6 is 0 Å². The van der Waals surface area contributed by atoms with Crippen LogP contribution in [0.3, 0.4) is 0 Å². The summed E-state index contributed by atoms with van der Waals surface area (Å²) in [6.07, 6.45) is 1.77. The fourth-order valence-corrected chi connectivity index (χ4v) is 5.00. The number of aromatic nitrogens is 2. The quantitative estimate of drug-likeness (QED) is 0.193. The summed E-state index contributed by atoms with van der Waals surface area (Å²) in [5.41, 5.74) is 3.19. The Bertz CT molecular complexity index is 1590. The number of benzene rings is 2. The third-order valence-corrected chi connectivity index (χ3v) is 7.00. The van der Waals surface area contributed by atoms with E-state index < -0.39 is 17.7 Å². The number of aryl methyl sites for hydroxylation is 1. The fourth-order valence-electron chi connectivity index (χ4n) is 5.00. The van der Waals surface area contributed by atoms with Crippen LogP contribution < -0.4 is 9.47 Å². The smallest absolute Gasteiger partial charge is 0.295 e. The first kappa shape index (κ1) is 27.0. The minimum atomic E-state index is -0.828. The number of ether oxygens (including phenoxy) is 2. The molecule has 1 fully saturated rings. The molecule has 1 unspecified atom stereocenters. The van der Waals surface area contributed by atoms with Crippen LogP contribution in [0.1, 0.15) is 28.6 Å². The van der Waals surface area contributed by atoms with Crippen molar-refractivity contribution in [1.29, 1.82) is 0 Å². The Hall–Kier alpha value is -4.63. The third-order valence-electron chi connectivity index (χ3n) is 7.00. The maximum Gasteiger partial charge on any atom is 0.295 e. The molecule has 1 atom stereocenters. The number of likely N-dealkylation sites (N-methyl/N-ethyl adjacent to an activating group) is 1. The number of aliphatic hydroxyl groups excluding tert-OH is 1. The maximum absolute atomic E-state index is 13.5. The molecule has 1 amide bonds. The summed E-state index contributed by atoms with van der Waals surface area (Å²) in [5, 5.41) is 11.6. The number of fused-ring (bicyclic) bond motifs is 1. The first-order valence-electron chi connectivity index (χ1n) is 13.0. The number of carbonyl (C=O) groups excluding carboxylic acids is 2. The number of rotatable bonds is 9. The SMILES string of the molecule is COc1cc(C2C(=C(O)c3c(C)nc4ccccn34)C(=O)C(=O)N2CCN(C)C)ccc1OCc1ccccc1. The second-order valence-corrected chi connectivity index (χ2v) is 9.95. The van der Waals surface area contributed by atoms with Gasteiger partial charge < -0.3 is 24.4 Å². The van der Waals surface area contributed by atoms with E-state index in [1.165, 1.54) is 4.90 Å². The van der Waals surface area contributed by atoms with E-state index in [9.17, 15) is 14.7 Å². The van der Waals surface area contributed by atoms with E-state index in [2.05, 4.69) is 4.98 Å². The highest BCUT2D eigenvalue weighted by Gasteiger charge is 2.46. The van der Waals surface area contributed by atoms with Crippen molar-refractivity contribution < 1.29 is 24.2 Å². The summed E-state index contributed by atoms with van der Waals surface area (Å²) in [4.78, 5) is 34.8. The summed E-state index contributed by atoms with van der Waals surface area (Å²) in [7, 11) is 5.34. The van der Waals surface area contributed by atoms with Gasteiger partial charge in [-0.05, 0) is 56.4 Å². The molecule has 1 aliphatic rings. The van der Waals surface area contributed by atoms with E-state index in [1.807, 2.05) is 67.5 Å². The van der Waals surface area contributed by atoms with Crippen LogP contribution in [-0.2, 0) is 16.2 Å². The van der Waals surface area contributed by atoms with Crippen molar-refractivity contribution in [1.82, 2.24) is 19.2 Å². The number of pyridine rings is 1. The number of hydrogen-bond donors (Lipinski definition) is 1. The lowest BCUT2D eigenvalue weighted by Crippen LogP contribution is -2.35. The van der Waals surface area contributed by atoms with Gasteiger partial charge in [-0.3, -0.25) is 14.0 Å². The lowest BCUT2D eigenvalue weighted by atomic mass is 9.96. The molecule has 206 valence electrons. The van der Waals surface area contributed by atoms with Crippen molar-refractivity contribution in [2.24, 2.45) is 0 Å². The molecule has 0 spiro atoms. The van der Waals surface area contributed by atoms with Crippen LogP contribution in [-0.4, -0.2) is 70.3 Å². The van der Waals surface area contributed by atoms with Gasteiger partial charge in [0.25, 0.3) is 11.7 Å². The minimum Gasteiger partial charge on any atom is -0.505 e. The zero-order valence-electron chi connectivity index (χ0n) is 23.0. The van der Waals surface area contributed by atoms with Crippen molar-refractivity contribution >= 4 is 23.1 Å². The number of aliphatic hydroxyl groups is 1. The normalized spacial score (nSPS) is 16.7. The topological polar surface area (TPSA) is 96.6 Å². The summed E-state index contributed by atoms with van der Waals surface area (Å²) >= 11 is 0. The molecular formula is C31H32N4O5. The predicted molar refractivity (Wildman–Crippen MR) is 151 cm³/mol. The molecule has 1 aliphatic heterocycles. The first-order chi connectivity index (χ1) is 19.3. The summed E-state index contributed by atoms with van der Waals surface area (Å²) in [5.74, 6) is -0.691. The van der Waals surface area contributed by atoms with E-state index in [-0.39, 0.29) is 11.3 Å². The van der Waals surface area contributed by atoms with Crippen molar-refractivity contribution in [3.8, 4) is 11.5 Å². The number of methoxy groups -OCH3 is 1. The molecule has 40 heavy (non-hydrogen) atoms. The van der Waals surface area contributed by atoms with Crippen molar-refractivity contribution in [3.05, 3.63) is 101 Å².